The van der Waals surface area contributed by atoms with Crippen LogP contribution in [-0.4, -0.2) is 35.4 Å². The highest BCUT2D eigenvalue weighted by Gasteiger charge is 2.14. The molecule has 0 aliphatic rings. The molecule has 3 N–H and O–H groups in total. The number of aromatic amines is 1. The molecular formula is C10H13BrN4O2S. The first-order chi connectivity index (χ1) is 8.35. The predicted octanol–water partition coefficient (Wildman–Crippen LogP) is 1.15. The van der Waals surface area contributed by atoms with E-state index in [-0.39, 0.29) is 5.75 Å². The molecule has 2 aromatic rings. The smallest absolute Gasteiger partial charge is 0.177 e. The maximum Gasteiger partial charge on any atom is 0.177 e. The van der Waals surface area contributed by atoms with Gasteiger partial charge in [-0.3, -0.25) is 0 Å². The molecule has 2 heterocycles. The van der Waals surface area contributed by atoms with Crippen molar-refractivity contribution < 1.29 is 8.42 Å². The monoisotopic (exact) mass is 332 g/mol. The van der Waals surface area contributed by atoms with Crippen molar-refractivity contribution in [2.45, 2.75) is 12.5 Å². The molecule has 2 aromatic heterocycles. The van der Waals surface area contributed by atoms with Crippen LogP contribution in [-0.2, 0) is 9.84 Å². The van der Waals surface area contributed by atoms with Gasteiger partial charge in [0, 0.05) is 16.9 Å². The quantitative estimate of drug-likeness (QED) is 0.874. The highest BCUT2D eigenvalue weighted by molar-refractivity contribution is 9.10. The molecule has 1 unspecified atom stereocenters. The molecule has 0 radical (unpaired) electrons. The molecule has 0 aliphatic heterocycles. The molecule has 18 heavy (non-hydrogen) atoms. The summed E-state index contributed by atoms with van der Waals surface area (Å²) in [7, 11) is -3.01. The van der Waals surface area contributed by atoms with Gasteiger partial charge in [0.25, 0.3) is 0 Å². The van der Waals surface area contributed by atoms with Gasteiger partial charge in [0.1, 0.15) is 15.7 Å². The number of H-pyrrole nitrogens is 1. The largest absolute Gasteiger partial charge is 0.339 e. The standard InChI is InChI=1S/C10H13BrN4O2S/c1-18(16,17)3-2-7(12)9-14-8-4-6(11)5-13-10(8)15-9/h4-5,7H,2-3,12H2,1H3,(H,13,14,15). The number of pyridine rings is 1. The van der Waals surface area contributed by atoms with Gasteiger partial charge in [0.05, 0.1) is 17.3 Å². The Labute approximate surface area is 113 Å². The fourth-order valence-electron chi connectivity index (χ4n) is 1.55. The second-order valence-electron chi connectivity index (χ2n) is 4.17. The molecule has 0 aromatic carbocycles. The van der Waals surface area contributed by atoms with Crippen LogP contribution in [0.1, 0.15) is 18.3 Å². The fourth-order valence-corrected chi connectivity index (χ4v) is 2.56. The van der Waals surface area contributed by atoms with E-state index in [0.717, 1.165) is 9.99 Å². The normalized spacial score (nSPS) is 13.9. The first-order valence-corrected chi connectivity index (χ1v) is 8.15. The number of sulfone groups is 1. The Morgan fingerprint density at radius 3 is 2.94 bits per heavy atom. The number of aromatic nitrogens is 3. The van der Waals surface area contributed by atoms with E-state index in [9.17, 15) is 8.42 Å². The van der Waals surface area contributed by atoms with E-state index in [1.165, 1.54) is 6.26 Å². The maximum absolute atomic E-state index is 11.1. The molecular weight excluding hydrogens is 320 g/mol. The summed E-state index contributed by atoms with van der Waals surface area (Å²) < 4.78 is 23.0. The minimum Gasteiger partial charge on any atom is -0.339 e. The number of nitrogens with zero attached hydrogens (tertiary/aromatic N) is 2. The number of rotatable bonds is 4. The Morgan fingerprint density at radius 1 is 1.56 bits per heavy atom. The molecule has 0 saturated heterocycles. The van der Waals surface area contributed by atoms with E-state index in [1.54, 1.807) is 6.20 Å². The summed E-state index contributed by atoms with van der Waals surface area (Å²) >= 11 is 3.31. The van der Waals surface area contributed by atoms with E-state index in [2.05, 4.69) is 30.9 Å². The number of hydrogen-bond acceptors (Lipinski definition) is 5. The zero-order chi connectivity index (χ0) is 13.3. The third-order valence-corrected chi connectivity index (χ3v) is 3.88. The van der Waals surface area contributed by atoms with E-state index < -0.39 is 15.9 Å². The van der Waals surface area contributed by atoms with Crippen molar-refractivity contribution in [2.75, 3.05) is 12.0 Å². The number of nitrogens with two attached hydrogens (primary N) is 1. The van der Waals surface area contributed by atoms with Crippen LogP contribution in [0.15, 0.2) is 16.7 Å². The molecule has 0 saturated carbocycles. The number of fused-ring (bicyclic) bond motifs is 1. The Hall–Kier alpha value is -0.990. The van der Waals surface area contributed by atoms with Gasteiger partial charge in [-0.15, -0.1) is 0 Å². The number of imidazole rings is 1. The van der Waals surface area contributed by atoms with Crippen molar-refractivity contribution in [3.05, 3.63) is 22.6 Å². The highest BCUT2D eigenvalue weighted by Crippen LogP contribution is 2.18. The second-order valence-corrected chi connectivity index (χ2v) is 7.35. The van der Waals surface area contributed by atoms with Crippen LogP contribution in [0.3, 0.4) is 0 Å². The van der Waals surface area contributed by atoms with Crippen molar-refractivity contribution in [1.82, 2.24) is 15.0 Å². The highest BCUT2D eigenvalue weighted by atomic mass is 79.9. The molecule has 1 atom stereocenters. The van der Waals surface area contributed by atoms with Crippen molar-refractivity contribution in [2.24, 2.45) is 5.73 Å². The SMILES string of the molecule is CS(=O)(=O)CCC(N)c1nc2ncc(Br)cc2[nH]1. The minimum atomic E-state index is -3.01. The molecule has 0 aliphatic carbocycles. The topological polar surface area (TPSA) is 102 Å². The molecule has 98 valence electrons. The molecule has 6 nitrogen and oxygen atoms in total. The van der Waals surface area contributed by atoms with Gasteiger partial charge in [0.15, 0.2) is 5.65 Å². The van der Waals surface area contributed by atoms with E-state index in [0.29, 0.717) is 17.9 Å². The lowest BCUT2D eigenvalue weighted by Crippen LogP contribution is -2.16. The van der Waals surface area contributed by atoms with Gasteiger partial charge in [-0.2, -0.15) is 0 Å². The molecule has 0 amide bonds. The molecule has 0 fully saturated rings. The predicted molar refractivity (Wildman–Crippen MR) is 72.8 cm³/mol. The zero-order valence-corrected chi connectivity index (χ0v) is 12.1. The van der Waals surface area contributed by atoms with Crippen LogP contribution >= 0.6 is 15.9 Å². The van der Waals surface area contributed by atoms with E-state index in [4.69, 9.17) is 5.73 Å². The summed E-state index contributed by atoms with van der Waals surface area (Å²) in [5.41, 5.74) is 7.25. The zero-order valence-electron chi connectivity index (χ0n) is 9.72. The molecule has 0 bridgehead atoms. The van der Waals surface area contributed by atoms with Crippen LogP contribution < -0.4 is 5.73 Å². The van der Waals surface area contributed by atoms with Crippen LogP contribution in [0.2, 0.25) is 0 Å². The summed E-state index contributed by atoms with van der Waals surface area (Å²) in [6, 6.07) is 1.41. The first-order valence-electron chi connectivity index (χ1n) is 5.29. The number of hydrogen-bond donors (Lipinski definition) is 2. The van der Waals surface area contributed by atoms with Crippen molar-refractivity contribution in [3.8, 4) is 0 Å². The van der Waals surface area contributed by atoms with E-state index in [1.807, 2.05) is 6.07 Å². The van der Waals surface area contributed by atoms with Crippen LogP contribution in [0.5, 0.6) is 0 Å². The Bertz CT molecular complexity index is 668. The fraction of sp³-hybridized carbons (Fsp3) is 0.400. The summed E-state index contributed by atoms with van der Waals surface area (Å²) in [5.74, 6) is 0.599. The Balaban J connectivity index is 2.20. The van der Waals surface area contributed by atoms with E-state index >= 15 is 0 Å². The lowest BCUT2D eigenvalue weighted by atomic mass is 10.2. The first kappa shape index (κ1) is 13.4. The van der Waals surface area contributed by atoms with Crippen LogP contribution in [0, 0.1) is 0 Å². The third kappa shape index (κ3) is 3.27. The molecule has 8 heteroatoms. The summed E-state index contributed by atoms with van der Waals surface area (Å²) in [4.78, 5) is 11.4. The van der Waals surface area contributed by atoms with Gasteiger partial charge in [-0.05, 0) is 28.4 Å². The summed E-state index contributed by atoms with van der Waals surface area (Å²) in [5, 5.41) is 0. The van der Waals surface area contributed by atoms with Gasteiger partial charge < -0.3 is 10.7 Å². The maximum atomic E-state index is 11.1. The molecule has 0 spiro atoms. The van der Waals surface area contributed by atoms with Gasteiger partial charge >= 0.3 is 0 Å². The second kappa shape index (κ2) is 4.94. The van der Waals surface area contributed by atoms with Gasteiger partial charge in [-0.25, -0.2) is 18.4 Å². The van der Waals surface area contributed by atoms with Crippen LogP contribution in [0.4, 0.5) is 0 Å². The summed E-state index contributed by atoms with van der Waals surface area (Å²) in [6.45, 7) is 0. The van der Waals surface area contributed by atoms with Gasteiger partial charge in [-0.1, -0.05) is 0 Å². The average Bonchev–Trinajstić information content (AvgIpc) is 2.67. The number of nitrogens with one attached hydrogen (secondary N) is 1. The van der Waals surface area contributed by atoms with Gasteiger partial charge in [0.2, 0.25) is 0 Å². The molecule has 2 rings (SSSR count). The minimum absolute atomic E-state index is 0.0440. The van der Waals surface area contributed by atoms with Crippen molar-refractivity contribution >= 4 is 36.9 Å². The third-order valence-electron chi connectivity index (χ3n) is 2.47. The van der Waals surface area contributed by atoms with Crippen molar-refractivity contribution in [1.29, 1.82) is 0 Å². The average molecular weight is 333 g/mol. The number of halogens is 1. The lowest BCUT2D eigenvalue weighted by molar-refractivity contribution is 0.588. The van der Waals surface area contributed by atoms with Crippen LogP contribution in [0.25, 0.3) is 11.2 Å². The summed E-state index contributed by atoms with van der Waals surface area (Å²) in [6.07, 6.45) is 3.17. The Morgan fingerprint density at radius 2 is 2.28 bits per heavy atom. The Kier molecular flexibility index (Phi) is 3.69. The van der Waals surface area contributed by atoms with Crippen molar-refractivity contribution in [3.63, 3.8) is 0 Å². The lowest BCUT2D eigenvalue weighted by Gasteiger charge is -2.06.